The van der Waals surface area contributed by atoms with E-state index in [1.54, 1.807) is 18.1 Å². The summed E-state index contributed by atoms with van der Waals surface area (Å²) in [5.41, 5.74) is 0.993. The van der Waals surface area contributed by atoms with Gasteiger partial charge in [-0.05, 0) is 28.5 Å². The number of methoxy groups -OCH3 is 1. The highest BCUT2D eigenvalue weighted by Crippen LogP contribution is 2.20. The molecule has 0 aliphatic heterocycles. The molecule has 30 heavy (non-hydrogen) atoms. The van der Waals surface area contributed by atoms with Gasteiger partial charge in [0.2, 0.25) is 0 Å². The number of nitrogens with zero attached hydrogens (tertiary/aromatic N) is 1. The van der Waals surface area contributed by atoms with Gasteiger partial charge in [-0.1, -0.05) is 60.7 Å². The molecule has 0 fully saturated rings. The van der Waals surface area contributed by atoms with Crippen LogP contribution in [0.25, 0.3) is 10.8 Å². The predicted octanol–water partition coefficient (Wildman–Crippen LogP) is 3.44. The van der Waals surface area contributed by atoms with Crippen LogP contribution < -0.4 is 4.74 Å². The fraction of sp³-hybridized carbons (Fsp3) is 0.250. The number of rotatable bonds is 10. The van der Waals surface area contributed by atoms with E-state index in [0.29, 0.717) is 25.4 Å². The summed E-state index contributed by atoms with van der Waals surface area (Å²) in [5.74, 6) is -0.305. The van der Waals surface area contributed by atoms with Gasteiger partial charge >= 0.3 is 5.97 Å². The molecule has 0 bridgehead atoms. The van der Waals surface area contributed by atoms with E-state index in [1.807, 2.05) is 66.7 Å². The highest BCUT2D eigenvalue weighted by Gasteiger charge is 2.16. The summed E-state index contributed by atoms with van der Waals surface area (Å²) in [6.07, 6.45) is 0. The van der Waals surface area contributed by atoms with Gasteiger partial charge in [-0.15, -0.1) is 0 Å². The van der Waals surface area contributed by atoms with E-state index in [1.165, 1.54) is 0 Å². The van der Waals surface area contributed by atoms with Crippen LogP contribution in [0.3, 0.4) is 0 Å². The third-order valence-corrected chi connectivity index (χ3v) is 4.57. The van der Waals surface area contributed by atoms with Crippen molar-refractivity contribution in [2.24, 2.45) is 0 Å². The first kappa shape index (κ1) is 21.3. The lowest BCUT2D eigenvalue weighted by Gasteiger charge is -2.22. The van der Waals surface area contributed by atoms with Crippen molar-refractivity contribution in [3.63, 3.8) is 0 Å². The summed E-state index contributed by atoms with van der Waals surface area (Å²) >= 11 is 0. The topological polar surface area (TPSA) is 65.1 Å². The highest BCUT2D eigenvalue weighted by molar-refractivity contribution is 5.84. The van der Waals surface area contributed by atoms with E-state index in [0.717, 1.165) is 16.3 Å². The SMILES string of the molecule is COCCN(Cc1ccccc1)C(=O)COC(=O)COc1ccc2ccccc2c1. The molecule has 156 valence electrons. The Labute approximate surface area is 176 Å². The fourth-order valence-corrected chi connectivity index (χ4v) is 2.97. The zero-order valence-corrected chi connectivity index (χ0v) is 17.0. The molecule has 0 aromatic heterocycles. The number of benzene rings is 3. The van der Waals surface area contributed by atoms with Crippen molar-refractivity contribution in [1.82, 2.24) is 4.90 Å². The van der Waals surface area contributed by atoms with Crippen molar-refractivity contribution in [1.29, 1.82) is 0 Å². The zero-order chi connectivity index (χ0) is 21.2. The Bertz CT molecular complexity index is 974. The monoisotopic (exact) mass is 407 g/mol. The molecule has 3 aromatic rings. The van der Waals surface area contributed by atoms with E-state index in [4.69, 9.17) is 14.2 Å². The fourth-order valence-electron chi connectivity index (χ4n) is 2.97. The number of carbonyl (C=O) groups excluding carboxylic acids is 2. The Hall–Kier alpha value is -3.38. The molecule has 0 saturated heterocycles. The normalized spacial score (nSPS) is 10.6. The molecule has 0 aliphatic carbocycles. The Morgan fingerprint density at radius 3 is 2.37 bits per heavy atom. The van der Waals surface area contributed by atoms with E-state index in [-0.39, 0.29) is 19.1 Å². The number of carbonyl (C=O) groups is 2. The van der Waals surface area contributed by atoms with Crippen LogP contribution in [0.4, 0.5) is 0 Å². The minimum Gasteiger partial charge on any atom is -0.482 e. The summed E-state index contributed by atoms with van der Waals surface area (Å²) < 4.78 is 15.7. The summed E-state index contributed by atoms with van der Waals surface area (Å²) in [6.45, 7) is 0.639. The molecule has 0 aliphatic rings. The lowest BCUT2D eigenvalue weighted by Crippen LogP contribution is -2.37. The Morgan fingerprint density at radius 2 is 1.60 bits per heavy atom. The molecule has 6 heteroatoms. The second kappa shape index (κ2) is 11.0. The largest absolute Gasteiger partial charge is 0.482 e. The third kappa shape index (κ3) is 6.32. The van der Waals surface area contributed by atoms with Gasteiger partial charge in [-0.2, -0.15) is 0 Å². The molecule has 3 aromatic carbocycles. The number of ether oxygens (including phenoxy) is 3. The summed E-state index contributed by atoms with van der Waals surface area (Å²) in [5, 5.41) is 2.11. The van der Waals surface area contributed by atoms with E-state index in [9.17, 15) is 9.59 Å². The van der Waals surface area contributed by atoms with Crippen molar-refractivity contribution in [2.75, 3.05) is 33.5 Å². The Kier molecular flexibility index (Phi) is 7.80. The van der Waals surface area contributed by atoms with E-state index < -0.39 is 5.97 Å². The van der Waals surface area contributed by atoms with Crippen LogP contribution in [-0.4, -0.2) is 50.3 Å². The second-order valence-electron chi connectivity index (χ2n) is 6.75. The van der Waals surface area contributed by atoms with Crippen LogP contribution in [0.5, 0.6) is 5.75 Å². The average molecular weight is 407 g/mol. The van der Waals surface area contributed by atoms with Gasteiger partial charge < -0.3 is 19.1 Å². The molecule has 0 unspecified atom stereocenters. The molecule has 0 N–H and O–H groups in total. The van der Waals surface area contributed by atoms with E-state index >= 15 is 0 Å². The number of hydrogen-bond acceptors (Lipinski definition) is 5. The predicted molar refractivity (Wildman–Crippen MR) is 114 cm³/mol. The first-order chi connectivity index (χ1) is 14.7. The van der Waals surface area contributed by atoms with Crippen LogP contribution in [0.15, 0.2) is 72.8 Å². The molecule has 1 amide bonds. The molecule has 6 nitrogen and oxygen atoms in total. The van der Waals surface area contributed by atoms with Crippen LogP contribution in [0.2, 0.25) is 0 Å². The van der Waals surface area contributed by atoms with Crippen molar-refractivity contribution in [3.05, 3.63) is 78.4 Å². The van der Waals surface area contributed by atoms with Gasteiger partial charge in [0, 0.05) is 20.2 Å². The summed E-state index contributed by atoms with van der Waals surface area (Å²) in [7, 11) is 1.58. The number of esters is 1. The third-order valence-electron chi connectivity index (χ3n) is 4.57. The quantitative estimate of drug-likeness (QED) is 0.482. The number of hydrogen-bond donors (Lipinski definition) is 0. The molecule has 0 radical (unpaired) electrons. The number of amides is 1. The van der Waals surface area contributed by atoms with Gasteiger partial charge in [-0.25, -0.2) is 4.79 Å². The maximum atomic E-state index is 12.5. The smallest absolute Gasteiger partial charge is 0.344 e. The minimum absolute atomic E-state index is 0.262. The van der Waals surface area contributed by atoms with Gasteiger partial charge in [0.1, 0.15) is 5.75 Å². The van der Waals surface area contributed by atoms with Crippen molar-refractivity contribution >= 4 is 22.6 Å². The molecular weight excluding hydrogens is 382 g/mol. The van der Waals surface area contributed by atoms with E-state index in [2.05, 4.69) is 0 Å². The maximum Gasteiger partial charge on any atom is 0.344 e. The van der Waals surface area contributed by atoms with Crippen LogP contribution in [0, 0.1) is 0 Å². The lowest BCUT2D eigenvalue weighted by molar-refractivity contribution is -0.154. The minimum atomic E-state index is -0.595. The standard InChI is InChI=1S/C24H25NO5/c1-28-14-13-25(16-19-7-3-2-4-8-19)23(26)17-30-24(27)18-29-22-12-11-20-9-5-6-10-21(20)15-22/h2-12,15H,13-14,16-18H2,1H3. The van der Waals surface area contributed by atoms with Crippen molar-refractivity contribution in [2.45, 2.75) is 6.54 Å². The van der Waals surface area contributed by atoms with Crippen LogP contribution in [-0.2, 0) is 25.6 Å². The molecular formula is C24H25NO5. The van der Waals surface area contributed by atoms with Crippen molar-refractivity contribution < 1.29 is 23.8 Å². The number of fused-ring (bicyclic) bond motifs is 1. The average Bonchev–Trinajstić information content (AvgIpc) is 2.79. The Morgan fingerprint density at radius 1 is 0.867 bits per heavy atom. The molecule has 0 saturated carbocycles. The highest BCUT2D eigenvalue weighted by atomic mass is 16.6. The van der Waals surface area contributed by atoms with Crippen molar-refractivity contribution in [3.8, 4) is 5.75 Å². The van der Waals surface area contributed by atoms with Gasteiger partial charge in [0.25, 0.3) is 5.91 Å². The second-order valence-corrected chi connectivity index (χ2v) is 6.75. The summed E-state index contributed by atoms with van der Waals surface area (Å²) in [4.78, 5) is 26.2. The molecule has 3 rings (SSSR count). The first-order valence-electron chi connectivity index (χ1n) is 9.73. The van der Waals surface area contributed by atoms with Crippen LogP contribution in [0.1, 0.15) is 5.56 Å². The summed E-state index contributed by atoms with van der Waals surface area (Å²) in [6, 6.07) is 23.1. The zero-order valence-electron chi connectivity index (χ0n) is 17.0. The maximum absolute atomic E-state index is 12.5. The Balaban J connectivity index is 1.49. The van der Waals surface area contributed by atoms with Gasteiger partial charge in [-0.3, -0.25) is 4.79 Å². The van der Waals surface area contributed by atoms with Gasteiger partial charge in [0.15, 0.2) is 13.2 Å². The van der Waals surface area contributed by atoms with Crippen LogP contribution >= 0.6 is 0 Å². The molecule has 0 spiro atoms. The lowest BCUT2D eigenvalue weighted by atomic mass is 10.1. The molecule has 0 heterocycles. The molecule has 0 atom stereocenters. The van der Waals surface area contributed by atoms with Gasteiger partial charge in [0.05, 0.1) is 6.61 Å². The first-order valence-corrected chi connectivity index (χ1v) is 9.73.